The maximum atomic E-state index is 11.7. The van der Waals surface area contributed by atoms with Gasteiger partial charge in [0.15, 0.2) is 0 Å². The Hall–Kier alpha value is -2.21. The molecule has 146 valence electrons. The van der Waals surface area contributed by atoms with Crippen molar-refractivity contribution in [2.24, 2.45) is 5.92 Å². The fourth-order valence-corrected chi connectivity index (χ4v) is 3.49. The summed E-state index contributed by atoms with van der Waals surface area (Å²) in [7, 11) is 0. The number of nitrogens with one attached hydrogen (secondary N) is 1. The molecule has 0 atom stereocenters. The summed E-state index contributed by atoms with van der Waals surface area (Å²) in [5.74, 6) is 2.17. The van der Waals surface area contributed by atoms with E-state index in [9.17, 15) is 4.79 Å². The summed E-state index contributed by atoms with van der Waals surface area (Å²) in [6.07, 6.45) is 3.99. The molecule has 0 aliphatic carbocycles. The SMILES string of the molecule is CC(C)C(=O)NCCc1nnc2n1CCN(CCCc1ccccc1)CC2. The molecular weight excluding hydrogens is 338 g/mol. The van der Waals surface area contributed by atoms with Gasteiger partial charge in [-0.3, -0.25) is 4.79 Å². The van der Waals surface area contributed by atoms with E-state index in [1.807, 2.05) is 13.8 Å². The van der Waals surface area contributed by atoms with Crippen LogP contribution in [0, 0.1) is 5.92 Å². The average Bonchev–Trinajstić information content (AvgIpc) is 2.94. The standard InChI is InChI=1S/C21H31N5O/c1-17(2)21(27)22-12-10-19-23-24-20-11-14-25(15-16-26(19)20)13-6-9-18-7-4-3-5-8-18/h3-5,7-8,17H,6,9-16H2,1-2H3,(H,22,27). The average molecular weight is 370 g/mol. The molecule has 1 amide bonds. The summed E-state index contributed by atoms with van der Waals surface area (Å²) >= 11 is 0. The number of aryl methyl sites for hydroxylation is 1. The summed E-state index contributed by atoms with van der Waals surface area (Å²) in [6, 6.07) is 10.7. The van der Waals surface area contributed by atoms with Crippen LogP contribution in [0.3, 0.4) is 0 Å². The zero-order valence-corrected chi connectivity index (χ0v) is 16.5. The van der Waals surface area contributed by atoms with E-state index in [0.29, 0.717) is 6.54 Å². The largest absolute Gasteiger partial charge is 0.355 e. The van der Waals surface area contributed by atoms with Gasteiger partial charge in [-0.1, -0.05) is 44.2 Å². The quantitative estimate of drug-likeness (QED) is 0.774. The fourth-order valence-electron chi connectivity index (χ4n) is 3.49. The maximum absolute atomic E-state index is 11.7. The second-order valence-corrected chi connectivity index (χ2v) is 7.56. The molecule has 1 aromatic carbocycles. The van der Waals surface area contributed by atoms with E-state index in [-0.39, 0.29) is 11.8 Å². The highest BCUT2D eigenvalue weighted by Gasteiger charge is 2.18. The molecule has 1 N–H and O–H groups in total. The highest BCUT2D eigenvalue weighted by Crippen LogP contribution is 2.11. The van der Waals surface area contributed by atoms with Gasteiger partial charge in [-0.2, -0.15) is 0 Å². The van der Waals surface area contributed by atoms with Crippen LogP contribution in [0.5, 0.6) is 0 Å². The normalized spacial score (nSPS) is 14.8. The lowest BCUT2D eigenvalue weighted by Gasteiger charge is -2.19. The summed E-state index contributed by atoms with van der Waals surface area (Å²) < 4.78 is 2.25. The van der Waals surface area contributed by atoms with Crippen molar-refractivity contribution < 1.29 is 4.79 Å². The zero-order chi connectivity index (χ0) is 19.1. The number of amides is 1. The van der Waals surface area contributed by atoms with Gasteiger partial charge in [0.25, 0.3) is 0 Å². The van der Waals surface area contributed by atoms with E-state index in [1.165, 1.54) is 12.0 Å². The van der Waals surface area contributed by atoms with Crippen LogP contribution in [0.4, 0.5) is 0 Å². The lowest BCUT2D eigenvalue weighted by atomic mass is 10.1. The smallest absolute Gasteiger partial charge is 0.222 e. The molecule has 27 heavy (non-hydrogen) atoms. The molecule has 2 heterocycles. The lowest BCUT2D eigenvalue weighted by molar-refractivity contribution is -0.123. The number of hydrogen-bond acceptors (Lipinski definition) is 4. The van der Waals surface area contributed by atoms with E-state index in [1.54, 1.807) is 0 Å². The van der Waals surface area contributed by atoms with E-state index < -0.39 is 0 Å². The third kappa shape index (κ3) is 5.63. The number of carbonyl (C=O) groups excluding carboxylic acids is 1. The molecule has 3 rings (SSSR count). The fraction of sp³-hybridized carbons (Fsp3) is 0.571. The van der Waals surface area contributed by atoms with Crippen molar-refractivity contribution in [3.63, 3.8) is 0 Å². The van der Waals surface area contributed by atoms with Crippen molar-refractivity contribution in [3.8, 4) is 0 Å². The van der Waals surface area contributed by atoms with Gasteiger partial charge in [0, 0.05) is 44.9 Å². The number of aromatic nitrogens is 3. The van der Waals surface area contributed by atoms with Gasteiger partial charge < -0.3 is 14.8 Å². The van der Waals surface area contributed by atoms with Gasteiger partial charge in [-0.15, -0.1) is 10.2 Å². The number of rotatable bonds is 8. The first-order valence-electron chi connectivity index (χ1n) is 10.1. The maximum Gasteiger partial charge on any atom is 0.222 e. The summed E-state index contributed by atoms with van der Waals surface area (Å²) in [4.78, 5) is 14.2. The molecule has 0 unspecified atom stereocenters. The number of hydrogen-bond donors (Lipinski definition) is 1. The molecule has 1 aliphatic rings. The Balaban J connectivity index is 1.45. The van der Waals surface area contributed by atoms with Crippen LogP contribution in [0.25, 0.3) is 0 Å². The van der Waals surface area contributed by atoms with Crippen LogP contribution in [0.1, 0.15) is 37.5 Å². The number of carbonyl (C=O) groups is 1. The van der Waals surface area contributed by atoms with Crippen molar-refractivity contribution in [3.05, 3.63) is 47.5 Å². The molecule has 0 fully saturated rings. The first-order valence-corrected chi connectivity index (χ1v) is 10.1. The monoisotopic (exact) mass is 369 g/mol. The topological polar surface area (TPSA) is 63.1 Å². The van der Waals surface area contributed by atoms with Gasteiger partial charge in [0.05, 0.1) is 0 Å². The van der Waals surface area contributed by atoms with Gasteiger partial charge >= 0.3 is 0 Å². The molecule has 0 saturated heterocycles. The van der Waals surface area contributed by atoms with Gasteiger partial charge in [-0.05, 0) is 24.9 Å². The van der Waals surface area contributed by atoms with E-state index >= 15 is 0 Å². The Kier molecular flexibility index (Phi) is 6.98. The van der Waals surface area contributed by atoms with Crippen molar-refractivity contribution in [2.45, 2.75) is 46.1 Å². The predicted octanol–water partition coefficient (Wildman–Crippen LogP) is 2.08. The van der Waals surface area contributed by atoms with Crippen molar-refractivity contribution in [1.82, 2.24) is 25.0 Å². The first-order chi connectivity index (χ1) is 13.1. The third-order valence-corrected chi connectivity index (χ3v) is 5.15. The third-order valence-electron chi connectivity index (χ3n) is 5.15. The Labute approximate surface area is 162 Å². The number of benzene rings is 1. The molecule has 6 nitrogen and oxygen atoms in total. The molecule has 0 radical (unpaired) electrons. The minimum absolute atomic E-state index is 0.0185. The van der Waals surface area contributed by atoms with Crippen LogP contribution in [0.2, 0.25) is 0 Å². The predicted molar refractivity (Wildman–Crippen MR) is 106 cm³/mol. The molecule has 1 aliphatic heterocycles. The summed E-state index contributed by atoms with van der Waals surface area (Å²) in [5.41, 5.74) is 1.41. The lowest BCUT2D eigenvalue weighted by Crippen LogP contribution is -2.30. The van der Waals surface area contributed by atoms with E-state index in [2.05, 4.69) is 55.3 Å². The van der Waals surface area contributed by atoms with Gasteiger partial charge in [0.1, 0.15) is 11.6 Å². The molecule has 6 heteroatoms. The first kappa shape index (κ1) is 19.5. The van der Waals surface area contributed by atoms with Crippen LogP contribution in [0.15, 0.2) is 30.3 Å². The van der Waals surface area contributed by atoms with Crippen LogP contribution in [-0.2, 0) is 30.6 Å². The summed E-state index contributed by atoms with van der Waals surface area (Å²) in [5, 5.41) is 11.7. The molecule has 0 spiro atoms. The van der Waals surface area contributed by atoms with Gasteiger partial charge in [0.2, 0.25) is 5.91 Å². The highest BCUT2D eigenvalue weighted by molar-refractivity contribution is 5.77. The van der Waals surface area contributed by atoms with Gasteiger partial charge in [-0.25, -0.2) is 0 Å². The molecule has 1 aromatic heterocycles. The Morgan fingerprint density at radius 3 is 2.70 bits per heavy atom. The Bertz CT molecular complexity index is 725. The second kappa shape index (κ2) is 9.65. The Morgan fingerprint density at radius 1 is 1.11 bits per heavy atom. The van der Waals surface area contributed by atoms with Crippen LogP contribution >= 0.6 is 0 Å². The number of nitrogens with zero attached hydrogens (tertiary/aromatic N) is 4. The zero-order valence-electron chi connectivity index (χ0n) is 16.5. The minimum Gasteiger partial charge on any atom is -0.355 e. The van der Waals surface area contributed by atoms with E-state index in [0.717, 1.165) is 57.1 Å². The summed E-state index contributed by atoms with van der Waals surface area (Å²) in [6.45, 7) is 8.56. The van der Waals surface area contributed by atoms with Crippen LogP contribution < -0.4 is 5.32 Å². The Morgan fingerprint density at radius 2 is 1.93 bits per heavy atom. The van der Waals surface area contributed by atoms with E-state index in [4.69, 9.17) is 0 Å². The molecular formula is C21H31N5O. The molecule has 2 aromatic rings. The van der Waals surface area contributed by atoms with Crippen molar-refractivity contribution >= 4 is 5.91 Å². The number of fused-ring (bicyclic) bond motifs is 1. The van der Waals surface area contributed by atoms with Crippen molar-refractivity contribution in [2.75, 3.05) is 26.2 Å². The molecule has 0 saturated carbocycles. The molecule has 0 bridgehead atoms. The minimum atomic E-state index is 0.0185. The van der Waals surface area contributed by atoms with Crippen LogP contribution in [-0.4, -0.2) is 51.8 Å². The second-order valence-electron chi connectivity index (χ2n) is 7.56. The van der Waals surface area contributed by atoms with Crippen molar-refractivity contribution in [1.29, 1.82) is 0 Å². The highest BCUT2D eigenvalue weighted by atomic mass is 16.1.